The van der Waals surface area contributed by atoms with Gasteiger partial charge in [0, 0.05) is 33.6 Å². The third kappa shape index (κ3) is 2.73. The van der Waals surface area contributed by atoms with Gasteiger partial charge < -0.3 is 5.73 Å². The lowest BCUT2D eigenvalue weighted by Crippen LogP contribution is -2.11. The molecular formula is C11H15N5OS. The number of benzene rings is 1. The van der Waals surface area contributed by atoms with Crippen LogP contribution in [0.5, 0.6) is 0 Å². The van der Waals surface area contributed by atoms with Crippen LogP contribution in [0.1, 0.15) is 6.92 Å². The Morgan fingerprint density at radius 1 is 1.39 bits per heavy atom. The number of rotatable bonds is 5. The minimum absolute atomic E-state index is 0.525. The number of tetrazole rings is 1. The molecule has 7 heteroatoms. The van der Waals surface area contributed by atoms with E-state index in [0.29, 0.717) is 29.6 Å². The molecule has 0 fully saturated rings. The minimum atomic E-state index is -0.829. The zero-order chi connectivity index (χ0) is 13.0. The van der Waals surface area contributed by atoms with E-state index in [-0.39, 0.29) is 0 Å². The molecule has 2 N–H and O–H groups in total. The number of aromatic nitrogens is 4. The summed E-state index contributed by atoms with van der Waals surface area (Å²) in [5.41, 5.74) is 7.32. The fourth-order valence-electron chi connectivity index (χ4n) is 1.58. The van der Waals surface area contributed by atoms with Gasteiger partial charge in [-0.3, -0.25) is 4.21 Å². The summed E-state index contributed by atoms with van der Waals surface area (Å²) in [6.45, 7) is 2.42. The van der Waals surface area contributed by atoms with Gasteiger partial charge in [0.05, 0.1) is 6.54 Å². The molecule has 0 aliphatic carbocycles. The van der Waals surface area contributed by atoms with E-state index in [0.717, 1.165) is 5.56 Å². The first kappa shape index (κ1) is 12.7. The van der Waals surface area contributed by atoms with E-state index in [2.05, 4.69) is 15.5 Å². The zero-order valence-corrected chi connectivity index (χ0v) is 10.9. The highest BCUT2D eigenvalue weighted by molar-refractivity contribution is 7.84. The molecule has 1 unspecified atom stereocenters. The number of hydrogen-bond acceptors (Lipinski definition) is 5. The molecule has 0 radical (unpaired) electrons. The van der Waals surface area contributed by atoms with Crippen molar-refractivity contribution in [3.8, 4) is 11.4 Å². The average Bonchev–Trinajstić information content (AvgIpc) is 2.84. The summed E-state index contributed by atoms with van der Waals surface area (Å²) in [6, 6.07) is 7.42. The number of hydrogen-bond donors (Lipinski definition) is 1. The van der Waals surface area contributed by atoms with E-state index < -0.39 is 10.8 Å². The predicted octanol–water partition coefficient (Wildman–Crippen LogP) is 0.691. The van der Waals surface area contributed by atoms with Crippen molar-refractivity contribution in [3.05, 3.63) is 24.3 Å². The lowest BCUT2D eigenvalue weighted by molar-refractivity contribution is 0.624. The van der Waals surface area contributed by atoms with Gasteiger partial charge in [0.1, 0.15) is 0 Å². The highest BCUT2D eigenvalue weighted by atomic mass is 32.2. The van der Waals surface area contributed by atoms with Crippen molar-refractivity contribution in [2.75, 3.05) is 17.2 Å². The molecule has 2 aromatic rings. The van der Waals surface area contributed by atoms with Crippen molar-refractivity contribution < 1.29 is 4.21 Å². The summed E-state index contributed by atoms with van der Waals surface area (Å²) < 4.78 is 13.1. The maximum atomic E-state index is 11.4. The Bertz CT molecular complexity index is 554. The van der Waals surface area contributed by atoms with E-state index in [4.69, 9.17) is 5.73 Å². The summed E-state index contributed by atoms with van der Waals surface area (Å²) in [4.78, 5) is 0. The van der Waals surface area contributed by atoms with E-state index >= 15 is 0 Å². The molecule has 96 valence electrons. The van der Waals surface area contributed by atoms with E-state index in [1.54, 1.807) is 10.7 Å². The molecule has 1 atom stereocenters. The van der Waals surface area contributed by atoms with Crippen molar-refractivity contribution in [1.29, 1.82) is 0 Å². The standard InChI is InChI=1S/C11H15N5OS/c1-2-18(17)8-7-16-11(13-14-15-16)9-5-3-4-6-10(9)12/h3-6H,2,7-8,12H2,1H3. The maximum absolute atomic E-state index is 11.4. The Morgan fingerprint density at radius 3 is 2.89 bits per heavy atom. The zero-order valence-electron chi connectivity index (χ0n) is 10.1. The fraction of sp³-hybridized carbons (Fsp3) is 0.364. The van der Waals surface area contributed by atoms with Crippen molar-refractivity contribution >= 4 is 16.5 Å². The third-order valence-electron chi connectivity index (χ3n) is 2.59. The van der Waals surface area contributed by atoms with Gasteiger partial charge in [-0.25, -0.2) is 4.68 Å². The monoisotopic (exact) mass is 265 g/mol. The molecule has 6 nitrogen and oxygen atoms in total. The Labute approximate surface area is 108 Å². The maximum Gasteiger partial charge on any atom is 0.184 e. The molecule has 0 amide bonds. The number of nitrogens with zero attached hydrogens (tertiary/aromatic N) is 4. The van der Waals surface area contributed by atoms with Gasteiger partial charge in [-0.2, -0.15) is 0 Å². The van der Waals surface area contributed by atoms with Crippen molar-refractivity contribution in [1.82, 2.24) is 20.2 Å². The third-order valence-corrected chi connectivity index (χ3v) is 3.87. The highest BCUT2D eigenvalue weighted by Gasteiger charge is 2.11. The van der Waals surface area contributed by atoms with Crippen LogP contribution in [-0.2, 0) is 17.3 Å². The number of aryl methyl sites for hydroxylation is 1. The Kier molecular flexibility index (Phi) is 4.03. The molecule has 0 saturated carbocycles. The quantitative estimate of drug-likeness (QED) is 0.804. The first-order valence-corrected chi connectivity index (χ1v) is 7.17. The van der Waals surface area contributed by atoms with Crippen LogP contribution in [0, 0.1) is 0 Å². The number of nitrogens with two attached hydrogens (primary N) is 1. The van der Waals surface area contributed by atoms with Crippen molar-refractivity contribution in [2.45, 2.75) is 13.5 Å². The number of para-hydroxylation sites is 1. The van der Waals surface area contributed by atoms with Gasteiger partial charge in [-0.1, -0.05) is 19.1 Å². The van der Waals surface area contributed by atoms with Crippen LogP contribution in [-0.4, -0.2) is 35.9 Å². The molecule has 1 aromatic heterocycles. The molecular weight excluding hydrogens is 250 g/mol. The summed E-state index contributed by atoms with van der Waals surface area (Å²) in [7, 11) is -0.829. The summed E-state index contributed by atoms with van der Waals surface area (Å²) in [5.74, 6) is 1.80. The average molecular weight is 265 g/mol. The van der Waals surface area contributed by atoms with Crippen LogP contribution in [0.2, 0.25) is 0 Å². The van der Waals surface area contributed by atoms with Crippen LogP contribution in [0.3, 0.4) is 0 Å². The van der Waals surface area contributed by atoms with Crippen molar-refractivity contribution in [2.24, 2.45) is 0 Å². The second kappa shape index (κ2) is 5.72. The molecule has 0 aliphatic heterocycles. The lowest BCUT2D eigenvalue weighted by Gasteiger charge is -2.06. The molecule has 0 spiro atoms. The summed E-state index contributed by atoms with van der Waals surface area (Å²) >= 11 is 0. The molecule has 2 rings (SSSR count). The van der Waals surface area contributed by atoms with Crippen molar-refractivity contribution in [3.63, 3.8) is 0 Å². The molecule has 0 bridgehead atoms. The summed E-state index contributed by atoms with van der Waals surface area (Å²) in [5, 5.41) is 11.5. The number of anilines is 1. The van der Waals surface area contributed by atoms with Gasteiger partial charge >= 0.3 is 0 Å². The van der Waals surface area contributed by atoms with Crippen LogP contribution in [0.25, 0.3) is 11.4 Å². The smallest absolute Gasteiger partial charge is 0.184 e. The topological polar surface area (TPSA) is 86.7 Å². The molecule has 0 saturated heterocycles. The minimum Gasteiger partial charge on any atom is -0.398 e. The van der Waals surface area contributed by atoms with E-state index in [1.807, 2.05) is 25.1 Å². The van der Waals surface area contributed by atoms with Gasteiger partial charge in [0.15, 0.2) is 5.82 Å². The fourth-order valence-corrected chi connectivity index (χ4v) is 2.25. The van der Waals surface area contributed by atoms with Crippen LogP contribution in [0.15, 0.2) is 24.3 Å². The first-order valence-electron chi connectivity index (χ1n) is 5.68. The molecule has 0 aliphatic rings. The summed E-state index contributed by atoms with van der Waals surface area (Å²) in [6.07, 6.45) is 0. The van der Waals surface area contributed by atoms with E-state index in [9.17, 15) is 4.21 Å². The second-order valence-corrected chi connectivity index (χ2v) is 5.61. The SMILES string of the molecule is CCS(=O)CCn1nnnc1-c1ccccc1N. The molecule has 18 heavy (non-hydrogen) atoms. The van der Waals surface area contributed by atoms with Crippen LogP contribution >= 0.6 is 0 Å². The van der Waals surface area contributed by atoms with Gasteiger partial charge in [-0.15, -0.1) is 5.10 Å². The Morgan fingerprint density at radius 2 is 2.17 bits per heavy atom. The second-order valence-electron chi connectivity index (χ2n) is 3.75. The lowest BCUT2D eigenvalue weighted by atomic mass is 10.2. The van der Waals surface area contributed by atoms with E-state index in [1.165, 1.54) is 0 Å². The van der Waals surface area contributed by atoms with Gasteiger partial charge in [-0.05, 0) is 22.6 Å². The molecule has 1 heterocycles. The normalized spacial score (nSPS) is 12.5. The predicted molar refractivity (Wildman–Crippen MR) is 71.2 cm³/mol. The molecule has 1 aromatic carbocycles. The Balaban J connectivity index is 2.23. The first-order chi connectivity index (χ1) is 8.72. The number of nitrogen functional groups attached to an aromatic ring is 1. The highest BCUT2D eigenvalue weighted by Crippen LogP contribution is 2.22. The van der Waals surface area contributed by atoms with Crippen LogP contribution < -0.4 is 5.73 Å². The largest absolute Gasteiger partial charge is 0.398 e. The van der Waals surface area contributed by atoms with Crippen LogP contribution in [0.4, 0.5) is 5.69 Å². The Hall–Kier alpha value is -1.76. The van der Waals surface area contributed by atoms with Gasteiger partial charge in [0.25, 0.3) is 0 Å². The van der Waals surface area contributed by atoms with Gasteiger partial charge in [0.2, 0.25) is 0 Å².